The molecule has 0 spiro atoms. The molecule has 0 atom stereocenters. The van der Waals surface area contributed by atoms with E-state index in [1.807, 2.05) is 5.43 Å². The van der Waals surface area contributed by atoms with Crippen LogP contribution in [0.2, 0.25) is 5.02 Å². The second-order valence-corrected chi connectivity index (χ2v) is 5.28. The zero-order valence-corrected chi connectivity index (χ0v) is 13.2. The van der Waals surface area contributed by atoms with Gasteiger partial charge in [0.2, 0.25) is 0 Å². The van der Waals surface area contributed by atoms with Crippen LogP contribution in [0, 0.1) is 0 Å². The number of hydrogen-bond donors (Lipinski definition) is 2. The Kier molecular flexibility index (Phi) is 5.48. The van der Waals surface area contributed by atoms with Crippen LogP contribution in [0.3, 0.4) is 0 Å². The molecule has 1 aromatic heterocycles. The summed E-state index contributed by atoms with van der Waals surface area (Å²) in [5, 5.41) is -0.670. The first kappa shape index (κ1) is 18.5. The van der Waals surface area contributed by atoms with Crippen molar-refractivity contribution in [3.05, 3.63) is 69.1 Å². The highest BCUT2D eigenvalue weighted by Gasteiger charge is 2.32. The summed E-state index contributed by atoms with van der Waals surface area (Å²) >= 11 is 5.48. The Bertz CT molecular complexity index is 851. The van der Waals surface area contributed by atoms with E-state index in [9.17, 15) is 27.6 Å². The Morgan fingerprint density at radius 1 is 1.12 bits per heavy atom. The molecule has 0 aliphatic heterocycles. The lowest BCUT2D eigenvalue weighted by atomic mass is 10.2. The van der Waals surface area contributed by atoms with Crippen molar-refractivity contribution >= 4 is 23.4 Å². The number of alkyl halides is 3. The van der Waals surface area contributed by atoms with Gasteiger partial charge in [-0.05, 0) is 18.2 Å². The number of pyridine rings is 1. The average Bonchev–Trinajstić information content (AvgIpc) is 2.56. The second kappa shape index (κ2) is 7.39. The summed E-state index contributed by atoms with van der Waals surface area (Å²) in [6.07, 6.45) is -4.25. The molecule has 2 aromatic rings. The number of carbonyl (C=O) groups is 2. The van der Waals surface area contributed by atoms with Gasteiger partial charge in [0.25, 0.3) is 17.4 Å². The van der Waals surface area contributed by atoms with Crippen LogP contribution in [0.25, 0.3) is 0 Å². The van der Waals surface area contributed by atoms with Crippen LogP contribution >= 0.6 is 11.6 Å². The van der Waals surface area contributed by atoms with Gasteiger partial charge in [-0.25, -0.2) is 0 Å². The number of hydrazine groups is 1. The smallest absolute Gasteiger partial charge is 0.304 e. The Labute approximate surface area is 144 Å². The summed E-state index contributed by atoms with van der Waals surface area (Å²) in [7, 11) is 0. The molecule has 2 amide bonds. The summed E-state index contributed by atoms with van der Waals surface area (Å²) in [5.74, 6) is -1.52. The molecule has 2 N–H and O–H groups in total. The van der Waals surface area contributed by atoms with E-state index >= 15 is 0 Å². The number of nitrogens with zero attached hydrogens (tertiary/aromatic N) is 1. The molecule has 1 aromatic carbocycles. The van der Waals surface area contributed by atoms with Gasteiger partial charge in [0.05, 0.1) is 5.56 Å². The summed E-state index contributed by atoms with van der Waals surface area (Å²) in [4.78, 5) is 35.2. The van der Waals surface area contributed by atoms with Crippen molar-refractivity contribution in [1.29, 1.82) is 0 Å². The van der Waals surface area contributed by atoms with Gasteiger partial charge in [0.15, 0.2) is 0 Å². The van der Waals surface area contributed by atoms with E-state index in [1.54, 1.807) is 18.2 Å². The Balaban J connectivity index is 2.07. The lowest BCUT2D eigenvalue weighted by Crippen LogP contribution is -2.44. The van der Waals surface area contributed by atoms with Crippen LogP contribution < -0.4 is 16.4 Å². The van der Waals surface area contributed by atoms with Crippen molar-refractivity contribution in [2.45, 2.75) is 12.7 Å². The quantitative estimate of drug-likeness (QED) is 0.807. The van der Waals surface area contributed by atoms with Crippen LogP contribution in [0.4, 0.5) is 13.2 Å². The highest BCUT2D eigenvalue weighted by atomic mass is 35.5. The van der Waals surface area contributed by atoms with Crippen LogP contribution in [0.5, 0.6) is 0 Å². The van der Waals surface area contributed by atoms with E-state index in [-0.39, 0.29) is 5.56 Å². The molecule has 25 heavy (non-hydrogen) atoms. The van der Waals surface area contributed by atoms with Crippen molar-refractivity contribution in [1.82, 2.24) is 15.4 Å². The van der Waals surface area contributed by atoms with Crippen molar-refractivity contribution in [3.63, 3.8) is 0 Å². The molecule has 0 unspecified atom stereocenters. The minimum absolute atomic E-state index is 0.266. The van der Waals surface area contributed by atoms with Gasteiger partial charge >= 0.3 is 6.18 Å². The first-order valence-corrected chi connectivity index (χ1v) is 7.17. The standard InChI is InChI=1S/C15H11ClF3N3O3/c16-11-6-10(15(17,18)19)7-22(14(11)25)8-12(23)20-21-13(24)9-4-2-1-3-5-9/h1-7H,8H2,(H,20,23)(H,21,24). The first-order chi connectivity index (χ1) is 11.7. The summed E-state index contributed by atoms with van der Waals surface area (Å²) in [5.41, 5.74) is 2.24. The van der Waals surface area contributed by atoms with Crippen LogP contribution in [-0.2, 0) is 17.5 Å². The van der Waals surface area contributed by atoms with Crippen LogP contribution in [0.15, 0.2) is 47.4 Å². The van der Waals surface area contributed by atoms with E-state index in [4.69, 9.17) is 11.6 Å². The third-order valence-electron chi connectivity index (χ3n) is 3.04. The predicted molar refractivity (Wildman–Crippen MR) is 82.8 cm³/mol. The zero-order valence-electron chi connectivity index (χ0n) is 12.4. The fourth-order valence-corrected chi connectivity index (χ4v) is 2.08. The molecule has 0 aliphatic carbocycles. The highest BCUT2D eigenvalue weighted by molar-refractivity contribution is 6.30. The molecule has 2 rings (SSSR count). The van der Waals surface area contributed by atoms with Gasteiger partial charge in [-0.15, -0.1) is 0 Å². The van der Waals surface area contributed by atoms with Gasteiger partial charge in [-0.1, -0.05) is 29.8 Å². The molecule has 0 saturated heterocycles. The number of nitrogens with one attached hydrogen (secondary N) is 2. The molecular weight excluding hydrogens is 363 g/mol. The maximum atomic E-state index is 12.7. The van der Waals surface area contributed by atoms with Crippen molar-refractivity contribution < 1.29 is 22.8 Å². The number of amides is 2. The summed E-state index contributed by atoms with van der Waals surface area (Å²) < 4.78 is 38.7. The second-order valence-electron chi connectivity index (χ2n) is 4.88. The average molecular weight is 374 g/mol. The lowest BCUT2D eigenvalue weighted by Gasteiger charge is -2.12. The van der Waals surface area contributed by atoms with Crippen molar-refractivity contribution in [2.24, 2.45) is 0 Å². The van der Waals surface area contributed by atoms with Gasteiger partial charge in [-0.3, -0.25) is 25.2 Å². The van der Waals surface area contributed by atoms with Gasteiger partial charge < -0.3 is 4.57 Å². The topological polar surface area (TPSA) is 80.2 Å². The fraction of sp³-hybridized carbons (Fsp3) is 0.133. The maximum absolute atomic E-state index is 12.7. The molecule has 132 valence electrons. The third kappa shape index (κ3) is 4.83. The van der Waals surface area contributed by atoms with E-state index in [2.05, 4.69) is 5.43 Å². The van der Waals surface area contributed by atoms with Gasteiger partial charge in [0, 0.05) is 11.8 Å². The summed E-state index contributed by atoms with van der Waals surface area (Å²) in [6.45, 7) is -0.752. The lowest BCUT2D eigenvalue weighted by molar-refractivity contribution is -0.138. The number of carbonyl (C=O) groups excluding carboxylic acids is 2. The molecule has 0 bridgehead atoms. The number of rotatable bonds is 3. The highest BCUT2D eigenvalue weighted by Crippen LogP contribution is 2.29. The molecule has 0 saturated carbocycles. The molecule has 10 heteroatoms. The van der Waals surface area contributed by atoms with Gasteiger partial charge in [0.1, 0.15) is 11.6 Å². The number of aromatic nitrogens is 1. The van der Waals surface area contributed by atoms with E-state index in [0.29, 0.717) is 16.8 Å². The SMILES string of the molecule is O=C(Cn1cc(C(F)(F)F)cc(Cl)c1=O)NNC(=O)c1ccccc1. The zero-order chi connectivity index (χ0) is 18.6. The summed E-state index contributed by atoms with van der Waals surface area (Å²) in [6, 6.07) is 8.40. The molecule has 1 heterocycles. The Morgan fingerprint density at radius 3 is 2.36 bits per heavy atom. The monoisotopic (exact) mass is 373 g/mol. The molecule has 0 fully saturated rings. The normalized spacial score (nSPS) is 11.0. The Hall–Kier alpha value is -2.81. The minimum atomic E-state index is -4.73. The number of halogens is 4. The van der Waals surface area contributed by atoms with E-state index < -0.39 is 40.7 Å². The third-order valence-corrected chi connectivity index (χ3v) is 3.31. The molecule has 0 aliphatic rings. The van der Waals surface area contributed by atoms with E-state index in [0.717, 1.165) is 0 Å². The molecule has 0 radical (unpaired) electrons. The number of hydrogen-bond acceptors (Lipinski definition) is 3. The van der Waals surface area contributed by atoms with E-state index in [1.165, 1.54) is 12.1 Å². The first-order valence-electron chi connectivity index (χ1n) is 6.80. The predicted octanol–water partition coefficient (Wildman–Crippen LogP) is 1.98. The van der Waals surface area contributed by atoms with Crippen molar-refractivity contribution in [2.75, 3.05) is 0 Å². The largest absolute Gasteiger partial charge is 0.417 e. The number of benzene rings is 1. The van der Waals surface area contributed by atoms with Crippen molar-refractivity contribution in [3.8, 4) is 0 Å². The fourth-order valence-electron chi connectivity index (χ4n) is 1.85. The van der Waals surface area contributed by atoms with Gasteiger partial charge in [-0.2, -0.15) is 13.2 Å². The Morgan fingerprint density at radius 2 is 1.76 bits per heavy atom. The van der Waals surface area contributed by atoms with Crippen LogP contribution in [-0.4, -0.2) is 16.4 Å². The maximum Gasteiger partial charge on any atom is 0.417 e. The van der Waals surface area contributed by atoms with Crippen LogP contribution in [0.1, 0.15) is 15.9 Å². The molecular formula is C15H11ClF3N3O3. The minimum Gasteiger partial charge on any atom is -0.304 e. The molecule has 6 nitrogen and oxygen atoms in total.